The van der Waals surface area contributed by atoms with Crippen LogP contribution in [0.5, 0.6) is 0 Å². The summed E-state index contributed by atoms with van der Waals surface area (Å²) < 4.78 is 0. The summed E-state index contributed by atoms with van der Waals surface area (Å²) in [6.45, 7) is 4.81. The van der Waals surface area contributed by atoms with Crippen molar-refractivity contribution in [2.75, 3.05) is 11.9 Å². The van der Waals surface area contributed by atoms with Gasteiger partial charge in [0.1, 0.15) is 5.82 Å². The van der Waals surface area contributed by atoms with Crippen LogP contribution >= 0.6 is 0 Å². The van der Waals surface area contributed by atoms with Crippen LogP contribution in [0.2, 0.25) is 0 Å². The van der Waals surface area contributed by atoms with Crippen LogP contribution in [0.25, 0.3) is 0 Å². The van der Waals surface area contributed by atoms with E-state index < -0.39 is 0 Å². The van der Waals surface area contributed by atoms with E-state index in [9.17, 15) is 4.79 Å². The Labute approximate surface area is 115 Å². The van der Waals surface area contributed by atoms with Gasteiger partial charge in [-0.3, -0.25) is 4.79 Å². The first kappa shape index (κ1) is 15.6. The SMILES string of the molecule is CCCC(CCN)CCC(=O)Nc1ncccc1C. The Balaban J connectivity index is 2.40. The zero-order valence-corrected chi connectivity index (χ0v) is 12.0. The predicted molar refractivity (Wildman–Crippen MR) is 78.9 cm³/mol. The lowest BCUT2D eigenvalue weighted by Gasteiger charge is -2.14. The monoisotopic (exact) mass is 263 g/mol. The molecule has 1 unspecified atom stereocenters. The average molecular weight is 263 g/mol. The molecule has 0 aliphatic carbocycles. The maximum absolute atomic E-state index is 11.9. The molecule has 0 bridgehead atoms. The summed E-state index contributed by atoms with van der Waals surface area (Å²) in [4.78, 5) is 16.1. The molecule has 106 valence electrons. The Kier molecular flexibility index (Phi) is 7.11. The first-order valence-corrected chi connectivity index (χ1v) is 7.08. The number of pyridine rings is 1. The van der Waals surface area contributed by atoms with Gasteiger partial charge in [-0.2, -0.15) is 0 Å². The zero-order valence-electron chi connectivity index (χ0n) is 12.0. The molecule has 0 saturated carbocycles. The second-order valence-electron chi connectivity index (χ2n) is 4.99. The Hall–Kier alpha value is -1.42. The van der Waals surface area contributed by atoms with Gasteiger partial charge in [-0.1, -0.05) is 25.8 Å². The summed E-state index contributed by atoms with van der Waals surface area (Å²) in [5.74, 6) is 1.27. The summed E-state index contributed by atoms with van der Waals surface area (Å²) in [6, 6.07) is 3.81. The quantitative estimate of drug-likeness (QED) is 0.757. The number of hydrogen-bond donors (Lipinski definition) is 2. The van der Waals surface area contributed by atoms with Crippen LogP contribution in [-0.2, 0) is 4.79 Å². The van der Waals surface area contributed by atoms with Crippen molar-refractivity contribution in [1.29, 1.82) is 0 Å². The Morgan fingerprint density at radius 3 is 2.84 bits per heavy atom. The lowest BCUT2D eigenvalue weighted by Crippen LogP contribution is -2.16. The normalized spacial score (nSPS) is 12.2. The number of hydrogen-bond acceptors (Lipinski definition) is 3. The fourth-order valence-corrected chi connectivity index (χ4v) is 2.22. The van der Waals surface area contributed by atoms with Gasteiger partial charge in [0.25, 0.3) is 0 Å². The highest BCUT2D eigenvalue weighted by Gasteiger charge is 2.11. The lowest BCUT2D eigenvalue weighted by molar-refractivity contribution is -0.116. The van der Waals surface area contributed by atoms with E-state index in [0.717, 1.165) is 31.2 Å². The van der Waals surface area contributed by atoms with Crippen molar-refractivity contribution in [2.45, 2.75) is 46.0 Å². The Bertz CT molecular complexity index is 387. The molecule has 1 rings (SSSR count). The molecular weight excluding hydrogens is 238 g/mol. The molecule has 0 aromatic carbocycles. The molecule has 19 heavy (non-hydrogen) atoms. The highest BCUT2D eigenvalue weighted by molar-refractivity contribution is 5.90. The maximum atomic E-state index is 11.9. The van der Waals surface area contributed by atoms with Crippen molar-refractivity contribution in [3.63, 3.8) is 0 Å². The van der Waals surface area contributed by atoms with Gasteiger partial charge in [-0.15, -0.1) is 0 Å². The van der Waals surface area contributed by atoms with E-state index in [1.165, 1.54) is 0 Å². The van der Waals surface area contributed by atoms with E-state index in [0.29, 0.717) is 24.7 Å². The summed E-state index contributed by atoms with van der Waals surface area (Å²) in [5.41, 5.74) is 6.59. The molecule has 0 fully saturated rings. The number of rotatable bonds is 8. The molecular formula is C15H25N3O. The van der Waals surface area contributed by atoms with Gasteiger partial charge >= 0.3 is 0 Å². The van der Waals surface area contributed by atoms with Crippen LogP contribution in [0.4, 0.5) is 5.82 Å². The zero-order chi connectivity index (χ0) is 14.1. The lowest BCUT2D eigenvalue weighted by atomic mass is 9.94. The van der Waals surface area contributed by atoms with Crippen molar-refractivity contribution >= 4 is 11.7 Å². The standard InChI is InChI=1S/C15H25N3O/c1-3-5-13(9-10-16)7-8-14(19)18-15-12(2)6-4-11-17-15/h4,6,11,13H,3,5,7-10,16H2,1-2H3,(H,17,18,19). The number of amides is 1. The van der Waals surface area contributed by atoms with Crippen LogP contribution in [0.1, 0.15) is 44.6 Å². The first-order valence-electron chi connectivity index (χ1n) is 7.08. The molecule has 0 aliphatic heterocycles. The molecule has 1 atom stereocenters. The minimum atomic E-state index is 0.0416. The second kappa shape index (κ2) is 8.64. The molecule has 4 nitrogen and oxygen atoms in total. The van der Waals surface area contributed by atoms with Gasteiger partial charge in [-0.05, 0) is 43.9 Å². The maximum Gasteiger partial charge on any atom is 0.225 e. The van der Waals surface area contributed by atoms with Crippen molar-refractivity contribution in [3.05, 3.63) is 23.9 Å². The fraction of sp³-hybridized carbons (Fsp3) is 0.600. The molecule has 0 saturated heterocycles. The molecule has 0 spiro atoms. The molecule has 1 amide bonds. The Morgan fingerprint density at radius 1 is 1.42 bits per heavy atom. The van der Waals surface area contributed by atoms with Crippen LogP contribution in [0.15, 0.2) is 18.3 Å². The highest BCUT2D eigenvalue weighted by atomic mass is 16.1. The number of nitrogens with one attached hydrogen (secondary N) is 1. The van der Waals surface area contributed by atoms with Gasteiger partial charge in [-0.25, -0.2) is 4.98 Å². The minimum Gasteiger partial charge on any atom is -0.330 e. The topological polar surface area (TPSA) is 68.0 Å². The number of aryl methyl sites for hydroxylation is 1. The van der Waals surface area contributed by atoms with Gasteiger partial charge in [0.2, 0.25) is 5.91 Å². The van der Waals surface area contributed by atoms with Crippen LogP contribution in [0.3, 0.4) is 0 Å². The number of carbonyl (C=O) groups excluding carboxylic acids is 1. The van der Waals surface area contributed by atoms with Crippen molar-refractivity contribution in [3.8, 4) is 0 Å². The van der Waals surface area contributed by atoms with Crippen LogP contribution in [0, 0.1) is 12.8 Å². The number of anilines is 1. The summed E-state index contributed by atoms with van der Waals surface area (Å²) in [7, 11) is 0. The summed E-state index contributed by atoms with van der Waals surface area (Å²) >= 11 is 0. The Morgan fingerprint density at radius 2 is 2.21 bits per heavy atom. The van der Waals surface area contributed by atoms with E-state index in [1.807, 2.05) is 19.1 Å². The molecule has 3 N–H and O–H groups in total. The van der Waals surface area contributed by atoms with Gasteiger partial charge in [0, 0.05) is 12.6 Å². The van der Waals surface area contributed by atoms with E-state index in [2.05, 4.69) is 17.2 Å². The molecule has 1 aromatic rings. The van der Waals surface area contributed by atoms with Crippen molar-refractivity contribution < 1.29 is 4.79 Å². The molecule has 1 aromatic heterocycles. The van der Waals surface area contributed by atoms with E-state index in [1.54, 1.807) is 6.20 Å². The smallest absolute Gasteiger partial charge is 0.225 e. The third kappa shape index (κ3) is 5.83. The first-order chi connectivity index (χ1) is 9.17. The third-order valence-corrected chi connectivity index (χ3v) is 3.32. The average Bonchev–Trinajstić information content (AvgIpc) is 2.39. The number of nitrogens with zero attached hydrogens (tertiary/aromatic N) is 1. The van der Waals surface area contributed by atoms with Gasteiger partial charge in [0.05, 0.1) is 0 Å². The van der Waals surface area contributed by atoms with E-state index in [4.69, 9.17) is 5.73 Å². The van der Waals surface area contributed by atoms with Gasteiger partial charge < -0.3 is 11.1 Å². The van der Waals surface area contributed by atoms with E-state index >= 15 is 0 Å². The van der Waals surface area contributed by atoms with Gasteiger partial charge in [0.15, 0.2) is 0 Å². The molecule has 0 radical (unpaired) electrons. The predicted octanol–water partition coefficient (Wildman–Crippen LogP) is 2.87. The largest absolute Gasteiger partial charge is 0.330 e. The highest BCUT2D eigenvalue weighted by Crippen LogP contribution is 2.18. The van der Waals surface area contributed by atoms with E-state index in [-0.39, 0.29) is 5.91 Å². The fourth-order valence-electron chi connectivity index (χ4n) is 2.22. The molecule has 1 heterocycles. The number of nitrogens with two attached hydrogens (primary N) is 1. The van der Waals surface area contributed by atoms with Crippen molar-refractivity contribution in [2.24, 2.45) is 11.7 Å². The minimum absolute atomic E-state index is 0.0416. The summed E-state index contributed by atoms with van der Waals surface area (Å²) in [6.07, 6.45) is 6.43. The third-order valence-electron chi connectivity index (χ3n) is 3.32. The van der Waals surface area contributed by atoms with Crippen LogP contribution < -0.4 is 11.1 Å². The van der Waals surface area contributed by atoms with Crippen molar-refractivity contribution in [1.82, 2.24) is 4.98 Å². The van der Waals surface area contributed by atoms with Crippen LogP contribution in [-0.4, -0.2) is 17.4 Å². The molecule has 0 aliphatic rings. The summed E-state index contributed by atoms with van der Waals surface area (Å²) in [5, 5.41) is 2.87. The molecule has 4 heteroatoms. The second-order valence-corrected chi connectivity index (χ2v) is 4.99. The number of carbonyl (C=O) groups is 1. The number of aromatic nitrogens is 1.